The lowest BCUT2D eigenvalue weighted by Crippen LogP contribution is -2.20. The summed E-state index contributed by atoms with van der Waals surface area (Å²) >= 11 is 9.08. The summed E-state index contributed by atoms with van der Waals surface area (Å²) in [5.41, 5.74) is 2.40. The van der Waals surface area contributed by atoms with Crippen molar-refractivity contribution in [3.63, 3.8) is 0 Å². The van der Waals surface area contributed by atoms with Crippen molar-refractivity contribution in [1.29, 1.82) is 0 Å². The minimum Gasteiger partial charge on any atom is -0.267 e. The van der Waals surface area contributed by atoms with Gasteiger partial charge in [0, 0.05) is 12.9 Å². The molecule has 0 heterocycles. The molecule has 0 aromatic heterocycles. The summed E-state index contributed by atoms with van der Waals surface area (Å²) < 4.78 is 4.15. The van der Waals surface area contributed by atoms with E-state index < -0.39 is 5.91 Å². The summed E-state index contributed by atoms with van der Waals surface area (Å²) in [6.45, 7) is 0. The highest BCUT2D eigenvalue weighted by atomic mass is 35.5. The average molecular weight is 204 g/mol. The maximum Gasteiger partial charge on any atom is 0.277 e. The number of amides is 1. The first-order valence-corrected chi connectivity index (χ1v) is 3.85. The van der Waals surface area contributed by atoms with Crippen molar-refractivity contribution >= 4 is 30.4 Å². The van der Waals surface area contributed by atoms with Crippen LogP contribution in [0.3, 0.4) is 0 Å². The molecule has 0 fully saturated rings. The Kier molecular flexibility index (Phi) is 3.40. The number of halogens is 1. The molecule has 0 radical (unpaired) electrons. The van der Waals surface area contributed by atoms with Crippen LogP contribution >= 0.6 is 24.5 Å². The van der Waals surface area contributed by atoms with Gasteiger partial charge in [0.1, 0.15) is 0 Å². The SMILES string of the molecule is O=C(NOS)c1ccccc1Cl. The van der Waals surface area contributed by atoms with Gasteiger partial charge in [-0.1, -0.05) is 23.7 Å². The highest BCUT2D eigenvalue weighted by molar-refractivity contribution is 7.75. The van der Waals surface area contributed by atoms with Gasteiger partial charge in [-0.05, 0) is 12.1 Å². The van der Waals surface area contributed by atoms with Crippen LogP contribution < -0.4 is 5.48 Å². The molecule has 1 aromatic rings. The van der Waals surface area contributed by atoms with E-state index in [9.17, 15) is 4.79 Å². The van der Waals surface area contributed by atoms with Crippen molar-refractivity contribution in [2.45, 2.75) is 0 Å². The van der Waals surface area contributed by atoms with Crippen LogP contribution in [0.25, 0.3) is 0 Å². The molecule has 0 aliphatic rings. The smallest absolute Gasteiger partial charge is 0.267 e. The van der Waals surface area contributed by atoms with E-state index in [2.05, 4.69) is 17.2 Å². The zero-order chi connectivity index (χ0) is 8.97. The Bertz CT molecular complexity index is 292. The maximum atomic E-state index is 11.1. The van der Waals surface area contributed by atoms with Gasteiger partial charge in [-0.25, -0.2) is 9.76 Å². The molecule has 0 saturated heterocycles. The van der Waals surface area contributed by atoms with E-state index in [1.54, 1.807) is 24.3 Å². The molecule has 0 saturated carbocycles. The lowest BCUT2D eigenvalue weighted by atomic mass is 10.2. The Morgan fingerprint density at radius 1 is 1.50 bits per heavy atom. The Morgan fingerprint density at radius 3 is 2.75 bits per heavy atom. The van der Waals surface area contributed by atoms with Crippen LogP contribution in [-0.2, 0) is 4.28 Å². The molecule has 12 heavy (non-hydrogen) atoms. The van der Waals surface area contributed by atoms with E-state index in [0.717, 1.165) is 0 Å². The van der Waals surface area contributed by atoms with Crippen LogP contribution in [0.1, 0.15) is 10.4 Å². The maximum absolute atomic E-state index is 11.1. The summed E-state index contributed by atoms with van der Waals surface area (Å²) in [5.74, 6) is -0.421. The average Bonchev–Trinajstić information content (AvgIpc) is 2.05. The van der Waals surface area contributed by atoms with E-state index in [1.165, 1.54) is 0 Å². The number of rotatable bonds is 2. The fraction of sp³-hybridized carbons (Fsp3) is 0. The number of hydrogen-bond acceptors (Lipinski definition) is 3. The lowest BCUT2D eigenvalue weighted by molar-refractivity contribution is 0.0802. The summed E-state index contributed by atoms with van der Waals surface area (Å²) in [7, 11) is 0. The van der Waals surface area contributed by atoms with Crippen LogP contribution in [0.5, 0.6) is 0 Å². The molecule has 1 rings (SSSR count). The zero-order valence-corrected chi connectivity index (χ0v) is 7.60. The van der Waals surface area contributed by atoms with E-state index in [4.69, 9.17) is 11.6 Å². The van der Waals surface area contributed by atoms with Gasteiger partial charge < -0.3 is 0 Å². The fourth-order valence-corrected chi connectivity index (χ4v) is 1.05. The lowest BCUT2D eigenvalue weighted by Gasteiger charge is -2.01. The van der Waals surface area contributed by atoms with Gasteiger partial charge in [-0.15, -0.1) is 0 Å². The standard InChI is InChI=1S/C7H6ClNO2S/c8-6-4-2-1-3-5(6)7(10)9-11-12/h1-4,12H,(H,9,10). The van der Waals surface area contributed by atoms with E-state index in [1.807, 2.05) is 5.48 Å². The third-order valence-corrected chi connectivity index (χ3v) is 1.68. The normalized spacial score (nSPS) is 9.50. The topological polar surface area (TPSA) is 38.3 Å². The molecule has 0 spiro atoms. The van der Waals surface area contributed by atoms with Crippen LogP contribution in [-0.4, -0.2) is 5.91 Å². The number of benzene rings is 1. The largest absolute Gasteiger partial charge is 0.277 e. The van der Waals surface area contributed by atoms with Gasteiger partial charge in [0.2, 0.25) is 0 Å². The highest BCUT2D eigenvalue weighted by Gasteiger charge is 2.07. The van der Waals surface area contributed by atoms with E-state index in [0.29, 0.717) is 10.6 Å². The molecular weight excluding hydrogens is 198 g/mol. The molecule has 0 aliphatic carbocycles. The predicted molar refractivity (Wildman–Crippen MR) is 49.0 cm³/mol. The number of hydrogen-bond donors (Lipinski definition) is 2. The van der Waals surface area contributed by atoms with Crippen molar-refractivity contribution in [3.05, 3.63) is 34.9 Å². The van der Waals surface area contributed by atoms with Gasteiger partial charge in [0.05, 0.1) is 10.6 Å². The molecule has 0 bridgehead atoms. The molecule has 1 aromatic carbocycles. The van der Waals surface area contributed by atoms with Crippen LogP contribution in [0.4, 0.5) is 0 Å². The molecule has 3 nitrogen and oxygen atoms in total. The molecule has 1 N–H and O–H groups in total. The Balaban J connectivity index is 2.87. The molecule has 0 aliphatic heterocycles. The van der Waals surface area contributed by atoms with Gasteiger partial charge in [-0.2, -0.15) is 0 Å². The molecule has 0 unspecified atom stereocenters. The van der Waals surface area contributed by atoms with Crippen LogP contribution in [0, 0.1) is 0 Å². The molecule has 0 atom stereocenters. The first-order valence-electron chi connectivity index (χ1n) is 3.11. The monoisotopic (exact) mass is 203 g/mol. The second-order valence-corrected chi connectivity index (χ2v) is 2.59. The van der Waals surface area contributed by atoms with Crippen molar-refractivity contribution < 1.29 is 9.08 Å². The second kappa shape index (κ2) is 4.35. The minimum atomic E-state index is -0.421. The number of hydroxylamine groups is 1. The number of carbonyl (C=O) groups is 1. The summed E-state index contributed by atoms with van der Waals surface area (Å²) in [5, 5.41) is 0.375. The number of carbonyl (C=O) groups excluding carboxylic acids is 1. The first kappa shape index (κ1) is 9.38. The zero-order valence-electron chi connectivity index (χ0n) is 5.95. The number of nitrogens with one attached hydrogen (secondary N) is 1. The highest BCUT2D eigenvalue weighted by Crippen LogP contribution is 2.14. The third-order valence-electron chi connectivity index (χ3n) is 1.26. The second-order valence-electron chi connectivity index (χ2n) is 2.00. The fourth-order valence-electron chi connectivity index (χ4n) is 0.742. The first-order chi connectivity index (χ1) is 5.75. The van der Waals surface area contributed by atoms with Crippen molar-refractivity contribution in [1.82, 2.24) is 5.48 Å². The molecular formula is C7H6ClNO2S. The van der Waals surface area contributed by atoms with Crippen molar-refractivity contribution in [2.75, 3.05) is 0 Å². The Morgan fingerprint density at radius 2 is 2.17 bits per heavy atom. The molecule has 5 heteroatoms. The predicted octanol–water partition coefficient (Wildman–Crippen LogP) is 1.85. The Hall–Kier alpha value is -0.710. The quantitative estimate of drug-likeness (QED) is 0.437. The van der Waals surface area contributed by atoms with Gasteiger partial charge >= 0.3 is 0 Å². The van der Waals surface area contributed by atoms with Gasteiger partial charge in [-0.3, -0.25) is 4.79 Å². The van der Waals surface area contributed by atoms with E-state index in [-0.39, 0.29) is 0 Å². The Labute approximate surface area is 80.2 Å². The van der Waals surface area contributed by atoms with Crippen molar-refractivity contribution in [3.8, 4) is 0 Å². The molecule has 1 amide bonds. The molecule has 64 valence electrons. The van der Waals surface area contributed by atoms with Crippen LogP contribution in [0.2, 0.25) is 5.02 Å². The van der Waals surface area contributed by atoms with Crippen LogP contribution in [0.15, 0.2) is 24.3 Å². The van der Waals surface area contributed by atoms with E-state index >= 15 is 0 Å². The summed E-state index contributed by atoms with van der Waals surface area (Å²) in [6, 6.07) is 6.65. The summed E-state index contributed by atoms with van der Waals surface area (Å²) in [6.07, 6.45) is 0. The number of thiol groups is 1. The summed E-state index contributed by atoms with van der Waals surface area (Å²) in [4.78, 5) is 11.1. The van der Waals surface area contributed by atoms with Gasteiger partial charge in [0.25, 0.3) is 5.91 Å². The van der Waals surface area contributed by atoms with Gasteiger partial charge in [0.15, 0.2) is 0 Å². The minimum absolute atomic E-state index is 0.355. The van der Waals surface area contributed by atoms with Crippen molar-refractivity contribution in [2.24, 2.45) is 0 Å². The third kappa shape index (κ3) is 2.14.